The number of nitrogens with zero attached hydrogens (tertiary/aromatic N) is 1. The van der Waals surface area contributed by atoms with Gasteiger partial charge in [-0.3, -0.25) is 4.98 Å². The summed E-state index contributed by atoms with van der Waals surface area (Å²) in [5.74, 6) is 0.439. The van der Waals surface area contributed by atoms with Crippen molar-refractivity contribution in [2.75, 3.05) is 6.54 Å². The summed E-state index contributed by atoms with van der Waals surface area (Å²) in [6.45, 7) is 4.66. The topological polar surface area (TPSA) is 59.1 Å². The number of hydrogen-bond donors (Lipinski definition) is 2. The van der Waals surface area contributed by atoms with Crippen LogP contribution in [-0.2, 0) is 0 Å². The summed E-state index contributed by atoms with van der Waals surface area (Å²) < 4.78 is 0. The summed E-state index contributed by atoms with van der Waals surface area (Å²) in [6, 6.07) is 9.79. The molecule has 2 atom stereocenters. The largest absolute Gasteiger partial charge is 0.388 e. The quantitative estimate of drug-likeness (QED) is 0.868. The summed E-state index contributed by atoms with van der Waals surface area (Å²) in [6.07, 6.45) is 1.26. The molecule has 0 aliphatic carbocycles. The third-order valence-corrected chi connectivity index (χ3v) is 3.50. The van der Waals surface area contributed by atoms with Crippen LogP contribution in [0, 0.1) is 11.8 Å². The van der Waals surface area contributed by atoms with Crippen LogP contribution in [0.15, 0.2) is 36.5 Å². The van der Waals surface area contributed by atoms with E-state index < -0.39 is 6.10 Å². The molecule has 0 aliphatic rings. The van der Waals surface area contributed by atoms with E-state index in [-0.39, 0.29) is 5.92 Å². The fourth-order valence-electron chi connectivity index (χ4n) is 2.29. The molecule has 3 heteroatoms. The molecule has 2 rings (SSSR count). The molecule has 0 aliphatic heterocycles. The Hall–Kier alpha value is -1.45. The fourth-order valence-corrected chi connectivity index (χ4v) is 2.29. The average molecular weight is 244 g/mol. The van der Waals surface area contributed by atoms with Gasteiger partial charge in [0.05, 0.1) is 11.6 Å². The first-order valence-electron chi connectivity index (χ1n) is 6.36. The molecule has 0 radical (unpaired) electrons. The zero-order chi connectivity index (χ0) is 13.1. The van der Waals surface area contributed by atoms with Crippen LogP contribution in [-0.4, -0.2) is 16.6 Å². The summed E-state index contributed by atoms with van der Waals surface area (Å²) >= 11 is 0. The number of hydrogen-bond acceptors (Lipinski definition) is 3. The standard InChI is InChI=1S/C15H20N2O/c1-10(2)13(9-16)15(18)12-5-6-14-11(8-12)4-3-7-17-14/h3-8,10,13,15,18H,9,16H2,1-2H3. The molecule has 0 amide bonds. The molecule has 0 saturated heterocycles. The molecule has 0 bridgehead atoms. The van der Waals surface area contributed by atoms with Gasteiger partial charge >= 0.3 is 0 Å². The first-order valence-corrected chi connectivity index (χ1v) is 6.36. The third kappa shape index (κ3) is 2.52. The molecule has 1 aromatic carbocycles. The molecule has 0 fully saturated rings. The monoisotopic (exact) mass is 244 g/mol. The zero-order valence-electron chi connectivity index (χ0n) is 10.9. The Bertz CT molecular complexity index is 525. The van der Waals surface area contributed by atoms with E-state index in [1.165, 1.54) is 0 Å². The van der Waals surface area contributed by atoms with E-state index >= 15 is 0 Å². The number of aliphatic hydroxyl groups excluding tert-OH is 1. The Labute approximate surface area is 108 Å². The average Bonchev–Trinajstić information content (AvgIpc) is 2.38. The maximum atomic E-state index is 10.4. The van der Waals surface area contributed by atoms with Gasteiger partial charge in [-0.25, -0.2) is 0 Å². The number of aromatic nitrogens is 1. The van der Waals surface area contributed by atoms with Gasteiger partial charge in [-0.2, -0.15) is 0 Å². The highest BCUT2D eigenvalue weighted by molar-refractivity contribution is 5.79. The van der Waals surface area contributed by atoms with Gasteiger partial charge in [0.2, 0.25) is 0 Å². The van der Waals surface area contributed by atoms with E-state index in [0.717, 1.165) is 16.5 Å². The lowest BCUT2D eigenvalue weighted by atomic mass is 9.86. The van der Waals surface area contributed by atoms with Crippen molar-refractivity contribution < 1.29 is 5.11 Å². The van der Waals surface area contributed by atoms with E-state index in [4.69, 9.17) is 5.73 Å². The van der Waals surface area contributed by atoms with Gasteiger partial charge < -0.3 is 10.8 Å². The Morgan fingerprint density at radius 2 is 2.06 bits per heavy atom. The Kier molecular flexibility index (Phi) is 3.94. The molecule has 18 heavy (non-hydrogen) atoms. The molecular formula is C15H20N2O. The minimum atomic E-state index is -0.514. The highest BCUT2D eigenvalue weighted by Crippen LogP contribution is 2.28. The van der Waals surface area contributed by atoms with Crippen molar-refractivity contribution in [1.29, 1.82) is 0 Å². The maximum Gasteiger partial charge on any atom is 0.0832 e. The molecule has 2 unspecified atom stereocenters. The Morgan fingerprint density at radius 1 is 1.28 bits per heavy atom. The van der Waals surface area contributed by atoms with Crippen molar-refractivity contribution >= 4 is 10.9 Å². The van der Waals surface area contributed by atoms with Crippen LogP contribution in [0.25, 0.3) is 10.9 Å². The highest BCUT2D eigenvalue weighted by atomic mass is 16.3. The minimum Gasteiger partial charge on any atom is -0.388 e. The number of benzene rings is 1. The van der Waals surface area contributed by atoms with Crippen LogP contribution in [0.4, 0.5) is 0 Å². The number of pyridine rings is 1. The van der Waals surface area contributed by atoms with Crippen molar-refractivity contribution in [3.05, 3.63) is 42.1 Å². The summed E-state index contributed by atoms with van der Waals surface area (Å²) in [5.41, 5.74) is 7.62. The number of aliphatic hydroxyl groups is 1. The second-order valence-corrected chi connectivity index (χ2v) is 5.04. The second-order valence-electron chi connectivity index (χ2n) is 5.04. The SMILES string of the molecule is CC(C)C(CN)C(O)c1ccc2ncccc2c1. The normalized spacial score (nSPS) is 14.9. The lowest BCUT2D eigenvalue weighted by Crippen LogP contribution is -2.26. The van der Waals surface area contributed by atoms with Crippen LogP contribution in [0.1, 0.15) is 25.5 Å². The summed E-state index contributed by atoms with van der Waals surface area (Å²) in [4.78, 5) is 4.28. The maximum absolute atomic E-state index is 10.4. The number of nitrogens with two attached hydrogens (primary N) is 1. The lowest BCUT2D eigenvalue weighted by molar-refractivity contribution is 0.0862. The predicted octanol–water partition coefficient (Wildman–Crippen LogP) is 2.50. The van der Waals surface area contributed by atoms with Crippen molar-refractivity contribution in [2.45, 2.75) is 20.0 Å². The van der Waals surface area contributed by atoms with Crippen LogP contribution >= 0.6 is 0 Å². The Morgan fingerprint density at radius 3 is 2.72 bits per heavy atom. The molecule has 0 saturated carbocycles. The van der Waals surface area contributed by atoms with Crippen molar-refractivity contribution in [3.8, 4) is 0 Å². The van der Waals surface area contributed by atoms with Crippen LogP contribution in [0.2, 0.25) is 0 Å². The molecule has 3 nitrogen and oxygen atoms in total. The van der Waals surface area contributed by atoms with Gasteiger partial charge in [-0.15, -0.1) is 0 Å². The minimum absolute atomic E-state index is 0.0825. The smallest absolute Gasteiger partial charge is 0.0832 e. The molecule has 2 aromatic rings. The predicted molar refractivity (Wildman–Crippen MR) is 74.1 cm³/mol. The fraction of sp³-hybridized carbons (Fsp3) is 0.400. The Balaban J connectivity index is 2.35. The molecule has 0 spiro atoms. The van der Waals surface area contributed by atoms with Crippen molar-refractivity contribution in [2.24, 2.45) is 17.6 Å². The van der Waals surface area contributed by atoms with E-state index in [2.05, 4.69) is 18.8 Å². The molecule has 96 valence electrons. The van der Waals surface area contributed by atoms with Gasteiger partial charge in [0.1, 0.15) is 0 Å². The summed E-state index contributed by atoms with van der Waals surface area (Å²) in [5, 5.41) is 11.5. The first-order chi connectivity index (χ1) is 8.63. The van der Waals surface area contributed by atoms with Gasteiger partial charge in [-0.05, 0) is 36.2 Å². The van der Waals surface area contributed by atoms with Crippen LogP contribution in [0.5, 0.6) is 0 Å². The van der Waals surface area contributed by atoms with Gasteiger partial charge in [0, 0.05) is 17.5 Å². The van der Waals surface area contributed by atoms with Gasteiger partial charge in [0.25, 0.3) is 0 Å². The van der Waals surface area contributed by atoms with Crippen LogP contribution in [0.3, 0.4) is 0 Å². The van der Waals surface area contributed by atoms with Gasteiger partial charge in [-0.1, -0.05) is 26.0 Å². The third-order valence-electron chi connectivity index (χ3n) is 3.50. The second kappa shape index (κ2) is 5.46. The van der Waals surface area contributed by atoms with Crippen molar-refractivity contribution in [3.63, 3.8) is 0 Å². The van der Waals surface area contributed by atoms with Gasteiger partial charge in [0.15, 0.2) is 0 Å². The summed E-state index contributed by atoms with van der Waals surface area (Å²) in [7, 11) is 0. The van der Waals surface area contributed by atoms with Crippen LogP contribution < -0.4 is 5.73 Å². The first kappa shape index (κ1) is 13.0. The van der Waals surface area contributed by atoms with Crippen molar-refractivity contribution in [1.82, 2.24) is 4.98 Å². The lowest BCUT2D eigenvalue weighted by Gasteiger charge is -2.25. The highest BCUT2D eigenvalue weighted by Gasteiger charge is 2.22. The molecule has 3 N–H and O–H groups in total. The van der Waals surface area contributed by atoms with E-state index in [9.17, 15) is 5.11 Å². The molecule has 1 heterocycles. The molecule has 1 aromatic heterocycles. The zero-order valence-corrected chi connectivity index (χ0v) is 10.9. The number of fused-ring (bicyclic) bond motifs is 1. The van der Waals surface area contributed by atoms with E-state index in [1.807, 2.05) is 30.3 Å². The van der Waals surface area contributed by atoms with E-state index in [1.54, 1.807) is 6.20 Å². The van der Waals surface area contributed by atoms with E-state index in [0.29, 0.717) is 12.5 Å². The number of rotatable bonds is 4. The molecular weight excluding hydrogens is 224 g/mol.